The van der Waals surface area contributed by atoms with Crippen LogP contribution in [0.15, 0.2) is 72.1 Å². The molecule has 5 N–H and O–H groups in total. The van der Waals surface area contributed by atoms with Gasteiger partial charge in [-0.2, -0.15) is 4.98 Å². The smallest absolute Gasteiger partial charge is 0.335 e. The number of urea groups is 2. The van der Waals surface area contributed by atoms with Crippen molar-refractivity contribution in [1.29, 1.82) is 5.41 Å². The Morgan fingerprint density at radius 2 is 1.93 bits per heavy atom. The third-order valence-corrected chi connectivity index (χ3v) is 7.27. The van der Waals surface area contributed by atoms with Crippen LogP contribution in [-0.2, 0) is 6.54 Å². The second kappa shape index (κ2) is 11.4. The Bertz CT molecular complexity index is 1450. The fourth-order valence-electron chi connectivity index (χ4n) is 5.11. The van der Waals surface area contributed by atoms with Crippen molar-refractivity contribution in [3.05, 3.63) is 77.7 Å². The Kier molecular flexibility index (Phi) is 7.73. The van der Waals surface area contributed by atoms with Crippen LogP contribution in [0, 0.1) is 5.41 Å². The number of carbonyl (C=O) groups excluding carboxylic acids is 2. The Morgan fingerprint density at radius 3 is 2.61 bits per heavy atom. The van der Waals surface area contributed by atoms with Crippen LogP contribution < -0.4 is 26.0 Å². The number of rotatable bonds is 8. The maximum Gasteiger partial charge on any atom is 0.335 e. The lowest BCUT2D eigenvalue weighted by molar-refractivity contribution is 0.0796. The molecule has 2 aliphatic carbocycles. The van der Waals surface area contributed by atoms with Gasteiger partial charge in [0.1, 0.15) is 5.82 Å². The summed E-state index contributed by atoms with van der Waals surface area (Å²) in [5, 5.41) is 14.4. The maximum atomic E-state index is 14.0. The molecule has 0 atom stereocenters. The van der Waals surface area contributed by atoms with Crippen molar-refractivity contribution in [3.8, 4) is 5.88 Å². The standard InChI is InChI=1S/C29H31F2N7O3/c1-29(12-2-3-13-29)34-15-19-14-22(9-10-23(19)32)37-16-18-4-11-25(41-17-24(30)31)36-26(18)38(28(37)40)21-7-5-20(6-8-21)35-27(33)39/h4-11,14-15,24,32,34H,2-3,12-13,16-17H2,1H3,(H3,33,35,39)/b19-15-,32-23?. The lowest BCUT2D eigenvalue weighted by atomic mass is 9.99. The second-order valence-electron chi connectivity index (χ2n) is 10.4. The minimum Gasteiger partial charge on any atom is -0.472 e. The number of primary amides is 1. The number of anilines is 3. The Balaban J connectivity index is 1.50. The maximum absolute atomic E-state index is 14.0. The molecule has 2 heterocycles. The molecule has 1 saturated carbocycles. The second-order valence-corrected chi connectivity index (χ2v) is 10.4. The number of benzene rings is 1. The van der Waals surface area contributed by atoms with Crippen molar-refractivity contribution < 1.29 is 23.1 Å². The fourth-order valence-corrected chi connectivity index (χ4v) is 5.11. The molecule has 10 nitrogen and oxygen atoms in total. The molecular formula is C29H31F2N7O3. The van der Waals surface area contributed by atoms with Gasteiger partial charge in [0.15, 0.2) is 6.61 Å². The molecule has 3 aliphatic rings. The van der Waals surface area contributed by atoms with E-state index in [2.05, 4.69) is 22.5 Å². The highest BCUT2D eigenvalue weighted by atomic mass is 19.3. The van der Waals surface area contributed by atoms with Crippen LogP contribution in [0.4, 0.5) is 35.6 Å². The Hall–Kier alpha value is -4.74. The highest BCUT2D eigenvalue weighted by Crippen LogP contribution is 2.37. The molecule has 0 spiro atoms. The molecule has 0 saturated heterocycles. The summed E-state index contributed by atoms with van der Waals surface area (Å²) >= 11 is 0. The van der Waals surface area contributed by atoms with Crippen LogP contribution in [0.1, 0.15) is 38.2 Å². The summed E-state index contributed by atoms with van der Waals surface area (Å²) < 4.78 is 30.7. The van der Waals surface area contributed by atoms with E-state index in [9.17, 15) is 18.4 Å². The molecule has 41 heavy (non-hydrogen) atoms. The highest BCUT2D eigenvalue weighted by Gasteiger charge is 2.35. The van der Waals surface area contributed by atoms with Gasteiger partial charge in [-0.25, -0.2) is 23.3 Å². The first kappa shape index (κ1) is 27.8. The van der Waals surface area contributed by atoms with Crippen molar-refractivity contribution in [2.24, 2.45) is 5.73 Å². The van der Waals surface area contributed by atoms with Crippen LogP contribution in [0.2, 0.25) is 0 Å². The van der Waals surface area contributed by atoms with Gasteiger partial charge in [-0.1, -0.05) is 12.8 Å². The number of amides is 4. The summed E-state index contributed by atoms with van der Waals surface area (Å²) in [5.41, 5.74) is 8.25. The lowest BCUT2D eigenvalue weighted by Gasteiger charge is -2.37. The normalized spacial score (nSPS) is 18.9. The zero-order valence-electron chi connectivity index (χ0n) is 22.5. The SMILES string of the molecule is CC1(N/C=C2/C=C(N3Cc4ccc(OCC(F)F)nc4N(c4ccc(NC(N)=O)cc4)C3=O)C=CC2=N)CCCC1. The first-order valence-electron chi connectivity index (χ1n) is 13.3. The third kappa shape index (κ3) is 6.21. The number of nitrogens with two attached hydrogens (primary N) is 1. The molecule has 12 heteroatoms. The van der Waals surface area contributed by atoms with Crippen LogP contribution in [0.25, 0.3) is 0 Å². The van der Waals surface area contributed by atoms with Gasteiger partial charge in [-0.05, 0) is 68.3 Å². The first-order valence-corrected chi connectivity index (χ1v) is 13.3. The highest BCUT2D eigenvalue weighted by molar-refractivity contribution is 6.10. The quantitative estimate of drug-likeness (QED) is 0.333. The van der Waals surface area contributed by atoms with Crippen LogP contribution in [0.3, 0.4) is 0 Å². The van der Waals surface area contributed by atoms with E-state index in [4.69, 9.17) is 15.9 Å². The number of nitrogens with zero attached hydrogens (tertiary/aromatic N) is 3. The summed E-state index contributed by atoms with van der Waals surface area (Å²) in [7, 11) is 0. The van der Waals surface area contributed by atoms with E-state index in [1.165, 1.54) is 11.0 Å². The minimum atomic E-state index is -2.68. The molecule has 1 aromatic heterocycles. The van der Waals surface area contributed by atoms with E-state index < -0.39 is 25.1 Å². The molecule has 1 fully saturated rings. The number of nitrogens with one attached hydrogen (secondary N) is 3. The predicted molar refractivity (Wildman–Crippen MR) is 152 cm³/mol. The summed E-state index contributed by atoms with van der Waals surface area (Å²) in [6, 6.07) is 8.41. The Morgan fingerprint density at radius 1 is 1.20 bits per heavy atom. The average molecular weight is 564 g/mol. The zero-order chi connectivity index (χ0) is 29.1. The van der Waals surface area contributed by atoms with Crippen LogP contribution in [0.5, 0.6) is 5.88 Å². The van der Waals surface area contributed by atoms with E-state index in [0.29, 0.717) is 33.9 Å². The van der Waals surface area contributed by atoms with Gasteiger partial charge in [0.25, 0.3) is 6.43 Å². The summed E-state index contributed by atoms with van der Waals surface area (Å²) in [5.74, 6) is 0.206. The Labute approximate surface area is 236 Å². The van der Waals surface area contributed by atoms with Gasteiger partial charge < -0.3 is 26.5 Å². The molecule has 4 amide bonds. The molecule has 1 aliphatic heterocycles. The van der Waals surface area contributed by atoms with Gasteiger partial charge in [0.2, 0.25) is 5.88 Å². The minimum absolute atomic E-state index is 0.0234. The van der Waals surface area contributed by atoms with Gasteiger partial charge >= 0.3 is 12.1 Å². The summed E-state index contributed by atoms with van der Waals surface area (Å²) in [4.78, 5) is 32.6. The first-order chi connectivity index (χ1) is 19.6. The van der Waals surface area contributed by atoms with Gasteiger partial charge in [-0.3, -0.25) is 4.90 Å². The summed E-state index contributed by atoms with van der Waals surface area (Å²) in [6.07, 6.45) is 8.74. The molecule has 0 bridgehead atoms. The molecule has 2 aromatic rings. The molecule has 5 rings (SSSR count). The van der Waals surface area contributed by atoms with E-state index >= 15 is 0 Å². The van der Waals surface area contributed by atoms with Gasteiger partial charge in [0, 0.05) is 40.3 Å². The number of fused-ring (bicyclic) bond motifs is 1. The van der Waals surface area contributed by atoms with Crippen molar-refractivity contribution in [1.82, 2.24) is 15.2 Å². The largest absolute Gasteiger partial charge is 0.472 e. The number of carbonyl (C=O) groups is 2. The lowest BCUT2D eigenvalue weighted by Crippen LogP contribution is -2.44. The van der Waals surface area contributed by atoms with E-state index in [0.717, 1.165) is 25.7 Å². The number of hydrogen-bond donors (Lipinski definition) is 4. The topological polar surface area (TPSA) is 137 Å². The molecular weight excluding hydrogens is 532 g/mol. The molecule has 214 valence electrons. The van der Waals surface area contributed by atoms with Crippen molar-refractivity contribution >= 4 is 35.0 Å². The van der Waals surface area contributed by atoms with Gasteiger partial charge in [-0.15, -0.1) is 0 Å². The molecule has 1 aromatic carbocycles. The molecule has 0 radical (unpaired) electrons. The number of hydrogen-bond acceptors (Lipinski definition) is 6. The van der Waals surface area contributed by atoms with E-state index in [-0.39, 0.29) is 23.8 Å². The number of alkyl halides is 2. The average Bonchev–Trinajstić information content (AvgIpc) is 3.38. The summed E-state index contributed by atoms with van der Waals surface area (Å²) in [6.45, 7) is 1.50. The van der Waals surface area contributed by atoms with Crippen molar-refractivity contribution in [2.45, 2.75) is 51.1 Å². The number of pyridine rings is 1. The van der Waals surface area contributed by atoms with E-state index in [1.807, 2.05) is 6.20 Å². The number of ether oxygens (including phenoxy) is 1. The third-order valence-electron chi connectivity index (χ3n) is 7.27. The zero-order valence-corrected chi connectivity index (χ0v) is 22.5. The number of aromatic nitrogens is 1. The van der Waals surface area contributed by atoms with Crippen LogP contribution >= 0.6 is 0 Å². The van der Waals surface area contributed by atoms with Gasteiger partial charge in [0.05, 0.1) is 17.9 Å². The van der Waals surface area contributed by atoms with Crippen molar-refractivity contribution in [2.75, 3.05) is 16.8 Å². The number of allylic oxidation sites excluding steroid dienone is 4. The van der Waals surface area contributed by atoms with E-state index in [1.54, 1.807) is 53.5 Å². The van der Waals surface area contributed by atoms with Crippen molar-refractivity contribution in [3.63, 3.8) is 0 Å². The van der Waals surface area contributed by atoms with Crippen LogP contribution in [-0.4, -0.2) is 46.2 Å². The number of halogens is 2. The fraction of sp³-hybridized carbons (Fsp3) is 0.310. The molecule has 0 unspecified atom stereocenters. The monoisotopic (exact) mass is 563 g/mol. The predicted octanol–water partition coefficient (Wildman–Crippen LogP) is 5.57.